The maximum atomic E-state index is 12.1. The van der Waals surface area contributed by atoms with Crippen LogP contribution < -0.4 is 0 Å². The van der Waals surface area contributed by atoms with Crippen LogP contribution in [-0.2, 0) is 27.9 Å². The smallest absolute Gasteiger partial charge is 0.458 e. The number of nitrogens with zero attached hydrogens (tertiary/aromatic N) is 1. The van der Waals surface area contributed by atoms with Crippen LogP contribution in [-0.4, -0.2) is 75.5 Å². The Morgan fingerprint density at radius 2 is 1.40 bits per heavy atom. The molecule has 0 aliphatic rings. The molecule has 0 rings (SSSR count). The quantitative estimate of drug-likeness (QED) is 0.0647. The minimum absolute atomic E-state index is 0.0282. The SMILES string of the molecule is [3H]C(CCCCCCCCCCCCCC)C([3H])OC[C@H](COP(=O)(O)OCC[N+](C)(C)C)OC(C)=O. The van der Waals surface area contributed by atoms with E-state index in [4.69, 9.17) is 21.3 Å². The molecule has 0 radical (unpaired) electrons. The molecule has 0 aromatic heterocycles. The van der Waals surface area contributed by atoms with Crippen LogP contribution in [0.2, 0.25) is 0 Å². The fraction of sp³-hybridized carbons (Fsp3) is 0.962. The van der Waals surface area contributed by atoms with Gasteiger partial charge >= 0.3 is 13.8 Å². The molecule has 0 heterocycles. The average Bonchev–Trinajstić information content (AvgIpc) is 2.79. The van der Waals surface area contributed by atoms with Crippen LogP contribution in [0, 0.1) is 0 Å². The summed E-state index contributed by atoms with van der Waals surface area (Å²) < 4.78 is 49.3. The number of unbranched alkanes of at least 4 members (excludes halogenated alkanes) is 11. The van der Waals surface area contributed by atoms with E-state index in [0.717, 1.165) is 19.3 Å². The summed E-state index contributed by atoms with van der Waals surface area (Å²) in [6.07, 6.45) is 13.8. The second-order valence-corrected chi connectivity index (χ2v) is 11.7. The number of quaternary nitrogens is 1. The largest absolute Gasteiger partial charge is 0.472 e. The van der Waals surface area contributed by atoms with E-state index >= 15 is 0 Å². The predicted molar refractivity (Wildman–Crippen MR) is 141 cm³/mol. The third-order valence-electron chi connectivity index (χ3n) is 5.47. The zero-order chi connectivity index (χ0) is 28.2. The summed E-state index contributed by atoms with van der Waals surface area (Å²) in [7, 11) is 1.46. The van der Waals surface area contributed by atoms with Crippen molar-refractivity contribution in [2.75, 3.05) is 54.1 Å². The molecule has 8 nitrogen and oxygen atoms in total. The number of rotatable bonds is 25. The molecule has 210 valence electrons. The average molecular weight is 529 g/mol. The molecule has 1 N–H and O–H groups in total. The van der Waals surface area contributed by atoms with Gasteiger partial charge in [0.05, 0.1) is 35.7 Å². The number of hydrogen-bond donors (Lipinski definition) is 1. The first-order chi connectivity index (χ1) is 17.4. The first-order valence-electron chi connectivity index (χ1n) is 14.6. The monoisotopic (exact) mass is 528 g/mol. The highest BCUT2D eigenvalue weighted by Gasteiger charge is 2.25. The van der Waals surface area contributed by atoms with E-state index in [0.29, 0.717) is 17.4 Å². The van der Waals surface area contributed by atoms with E-state index in [1.165, 1.54) is 64.7 Å². The number of esters is 1. The Labute approximate surface area is 218 Å². The summed E-state index contributed by atoms with van der Waals surface area (Å²) in [6.45, 7) is 2.26. The van der Waals surface area contributed by atoms with Gasteiger partial charge in [0.2, 0.25) is 0 Å². The van der Waals surface area contributed by atoms with Gasteiger partial charge in [0.25, 0.3) is 0 Å². The van der Waals surface area contributed by atoms with Crippen molar-refractivity contribution in [1.29, 1.82) is 0 Å². The number of phosphoric ester groups is 1. The van der Waals surface area contributed by atoms with Crippen molar-refractivity contribution in [3.05, 3.63) is 0 Å². The van der Waals surface area contributed by atoms with Gasteiger partial charge in [0.15, 0.2) is 0 Å². The molecule has 0 aliphatic heterocycles. The highest BCUT2D eigenvalue weighted by molar-refractivity contribution is 7.47. The first kappa shape index (κ1) is 30.7. The number of carbonyl (C=O) groups excluding carboxylic acids is 1. The predicted octanol–water partition coefficient (Wildman–Crippen LogP) is 6.26. The molecule has 0 aromatic carbocycles. The van der Waals surface area contributed by atoms with Gasteiger partial charge in [-0.25, -0.2) is 4.57 Å². The molecule has 0 spiro atoms. The van der Waals surface area contributed by atoms with Crippen LogP contribution in [0.3, 0.4) is 0 Å². The lowest BCUT2D eigenvalue weighted by atomic mass is 10.0. The molecule has 9 heteroatoms. The van der Waals surface area contributed by atoms with E-state index < -0.39 is 39.5 Å². The van der Waals surface area contributed by atoms with Crippen LogP contribution in [0.15, 0.2) is 0 Å². The Morgan fingerprint density at radius 3 is 1.89 bits per heavy atom. The van der Waals surface area contributed by atoms with Crippen LogP contribution in [0.25, 0.3) is 0 Å². The number of ether oxygens (including phenoxy) is 2. The van der Waals surface area contributed by atoms with Crippen molar-refractivity contribution in [3.63, 3.8) is 0 Å². The van der Waals surface area contributed by atoms with Gasteiger partial charge in [0.1, 0.15) is 19.3 Å². The molecule has 4 atom stereocenters. The minimum Gasteiger partial charge on any atom is -0.458 e. The van der Waals surface area contributed by atoms with Gasteiger partial charge in [-0.1, -0.05) is 90.4 Å². The van der Waals surface area contributed by atoms with Gasteiger partial charge in [-0.2, -0.15) is 0 Å². The van der Waals surface area contributed by atoms with Gasteiger partial charge in [-0.15, -0.1) is 0 Å². The molecule has 0 aromatic rings. The maximum absolute atomic E-state index is 12.1. The maximum Gasteiger partial charge on any atom is 0.472 e. The molecule has 0 bridgehead atoms. The third-order valence-corrected chi connectivity index (χ3v) is 6.46. The fourth-order valence-corrected chi connectivity index (χ4v) is 4.14. The zero-order valence-electron chi connectivity index (χ0n) is 25.0. The number of hydrogen-bond acceptors (Lipinski definition) is 6. The Morgan fingerprint density at radius 1 is 0.886 bits per heavy atom. The molecular formula is C26H55NO7P+. The summed E-state index contributed by atoms with van der Waals surface area (Å²) >= 11 is 0. The number of likely N-dealkylation sites (N-methyl/N-ethyl adjacent to an activating group) is 1. The third kappa shape index (κ3) is 26.4. The van der Waals surface area contributed by atoms with Gasteiger partial charge in [-0.05, 0) is 6.40 Å². The van der Waals surface area contributed by atoms with Gasteiger partial charge in [0, 0.05) is 14.9 Å². The lowest BCUT2D eigenvalue weighted by Gasteiger charge is -2.24. The first-order valence-corrected chi connectivity index (χ1v) is 14.9. The zero-order valence-corrected chi connectivity index (χ0v) is 23.9. The van der Waals surface area contributed by atoms with Crippen molar-refractivity contribution in [3.8, 4) is 0 Å². The summed E-state index contributed by atoms with van der Waals surface area (Å²) in [6, 6.07) is 0. The normalized spacial score (nSPS) is 17.2. The summed E-state index contributed by atoms with van der Waals surface area (Å²) in [5.74, 6) is -0.601. The molecular weight excluding hydrogens is 469 g/mol. The Bertz CT molecular complexity index is 622. The number of carbonyl (C=O) groups is 1. The summed E-state index contributed by atoms with van der Waals surface area (Å²) in [5.41, 5.74) is 0. The molecule has 0 aliphatic carbocycles. The number of phosphoric acid groups is 1. The highest BCUT2D eigenvalue weighted by Crippen LogP contribution is 2.43. The topological polar surface area (TPSA) is 91.3 Å². The van der Waals surface area contributed by atoms with Crippen molar-refractivity contribution in [2.24, 2.45) is 0 Å². The molecule has 0 saturated heterocycles. The van der Waals surface area contributed by atoms with E-state index in [-0.39, 0.29) is 13.2 Å². The molecule has 0 fully saturated rings. The van der Waals surface area contributed by atoms with Crippen molar-refractivity contribution in [1.82, 2.24) is 0 Å². The minimum atomic E-state index is -4.32. The molecule has 0 amide bonds. The Hall–Kier alpha value is -0.500. The van der Waals surface area contributed by atoms with E-state index in [1.54, 1.807) is 0 Å². The fourth-order valence-electron chi connectivity index (χ4n) is 3.40. The van der Waals surface area contributed by atoms with Gasteiger partial charge < -0.3 is 18.9 Å². The Kier molecular flexibility index (Phi) is 18.9. The Balaban J connectivity index is 4.10. The van der Waals surface area contributed by atoms with E-state index in [1.807, 2.05) is 21.1 Å². The van der Waals surface area contributed by atoms with Crippen LogP contribution in [0.5, 0.6) is 0 Å². The van der Waals surface area contributed by atoms with Crippen LogP contribution >= 0.6 is 7.82 Å². The van der Waals surface area contributed by atoms with Crippen molar-refractivity contribution < 1.29 is 40.0 Å². The lowest BCUT2D eigenvalue weighted by molar-refractivity contribution is -0.870. The summed E-state index contributed by atoms with van der Waals surface area (Å²) in [4.78, 5) is 21.3. The second-order valence-electron chi connectivity index (χ2n) is 10.2. The second kappa shape index (κ2) is 21.6. The van der Waals surface area contributed by atoms with E-state index in [9.17, 15) is 14.3 Å². The van der Waals surface area contributed by atoms with Crippen molar-refractivity contribution >= 4 is 13.8 Å². The molecule has 3 unspecified atom stereocenters. The molecule has 35 heavy (non-hydrogen) atoms. The highest BCUT2D eigenvalue weighted by atomic mass is 31.2. The molecule has 0 saturated carbocycles. The van der Waals surface area contributed by atoms with E-state index in [2.05, 4.69) is 6.92 Å². The van der Waals surface area contributed by atoms with Crippen LogP contribution in [0.1, 0.15) is 106 Å². The van der Waals surface area contributed by atoms with Gasteiger partial charge in [-0.3, -0.25) is 13.8 Å². The van der Waals surface area contributed by atoms with Crippen LogP contribution in [0.4, 0.5) is 0 Å². The summed E-state index contributed by atoms with van der Waals surface area (Å²) in [5, 5.41) is 0. The standard InChI is InChI=1S/C26H54NO7P/c1-6-7-8-9-10-11-12-13-14-15-16-17-18-19-21-31-23-26(34-25(2)28)24-33-35(29,30)32-22-20-27(3,4)5/h26H,6-24H2,1-5H3/p+1/t26-/m1/s1/i19T,21T/t19?,21?,26-. The van der Waals surface area contributed by atoms with Crippen molar-refractivity contribution in [2.45, 2.75) is 110 Å². The lowest BCUT2D eigenvalue weighted by Crippen LogP contribution is -2.37.